The molecule has 0 aliphatic carbocycles. The van der Waals surface area contributed by atoms with E-state index in [1.807, 2.05) is 38.2 Å². The molecule has 2 aromatic heterocycles. The van der Waals surface area contributed by atoms with Crippen molar-refractivity contribution in [2.24, 2.45) is 0 Å². The lowest BCUT2D eigenvalue weighted by Gasteiger charge is -2.26. The van der Waals surface area contributed by atoms with Crippen LogP contribution in [0.3, 0.4) is 0 Å². The number of aromatic nitrogens is 4. The van der Waals surface area contributed by atoms with Gasteiger partial charge in [0.1, 0.15) is 17.5 Å². The Morgan fingerprint density at radius 2 is 2.10 bits per heavy atom. The molecule has 8 heteroatoms. The first-order chi connectivity index (χ1) is 14.5. The van der Waals surface area contributed by atoms with Gasteiger partial charge in [0, 0.05) is 43.2 Å². The van der Waals surface area contributed by atoms with Gasteiger partial charge in [-0.15, -0.1) is 10.2 Å². The Kier molecular flexibility index (Phi) is 5.55. The van der Waals surface area contributed by atoms with E-state index in [0.717, 1.165) is 46.5 Å². The number of aryl methyl sites for hydroxylation is 1. The van der Waals surface area contributed by atoms with E-state index in [-0.39, 0.29) is 5.92 Å². The van der Waals surface area contributed by atoms with Crippen molar-refractivity contribution in [1.82, 2.24) is 25.1 Å². The normalized spacial score (nSPS) is 15.9. The molecule has 3 aromatic rings. The molecule has 0 radical (unpaired) electrons. The summed E-state index contributed by atoms with van der Waals surface area (Å²) in [6.45, 7) is 7.62. The highest BCUT2D eigenvalue weighted by molar-refractivity contribution is 6.30. The quantitative estimate of drug-likeness (QED) is 0.593. The molecule has 1 aromatic carbocycles. The first-order valence-electron chi connectivity index (χ1n) is 9.93. The molecule has 0 fully saturated rings. The van der Waals surface area contributed by atoms with Crippen molar-refractivity contribution in [2.45, 2.75) is 26.7 Å². The van der Waals surface area contributed by atoms with Crippen LogP contribution < -0.4 is 10.2 Å². The SMILES string of the molecule is CCN/C=C(\C=N)c1ccc2c(c1)N(c1ccc(Cl)cn1)C[C@@H](C)c1nnc(C)n1-2. The van der Waals surface area contributed by atoms with Crippen molar-refractivity contribution >= 4 is 34.9 Å². The van der Waals surface area contributed by atoms with Crippen molar-refractivity contribution < 1.29 is 0 Å². The van der Waals surface area contributed by atoms with E-state index in [2.05, 4.69) is 49.0 Å². The smallest absolute Gasteiger partial charge is 0.142 e. The second-order valence-corrected chi connectivity index (χ2v) is 7.73. The number of pyridine rings is 1. The Balaban J connectivity index is 1.93. The van der Waals surface area contributed by atoms with Crippen molar-refractivity contribution in [2.75, 3.05) is 18.0 Å². The molecule has 0 unspecified atom stereocenters. The van der Waals surface area contributed by atoms with Crippen LogP contribution in [0, 0.1) is 12.3 Å². The third-order valence-corrected chi connectivity index (χ3v) is 5.42. The zero-order chi connectivity index (χ0) is 21.3. The molecule has 154 valence electrons. The first-order valence-corrected chi connectivity index (χ1v) is 10.3. The van der Waals surface area contributed by atoms with Crippen LogP contribution in [-0.2, 0) is 0 Å². The maximum absolute atomic E-state index is 7.86. The van der Waals surface area contributed by atoms with Crippen molar-refractivity contribution in [3.8, 4) is 5.69 Å². The average molecular weight is 422 g/mol. The highest BCUT2D eigenvalue weighted by Crippen LogP contribution is 2.38. The molecule has 1 atom stereocenters. The molecule has 1 aliphatic rings. The second kappa shape index (κ2) is 8.28. The molecule has 0 spiro atoms. The molecule has 7 nitrogen and oxygen atoms in total. The van der Waals surface area contributed by atoms with Gasteiger partial charge in [0.25, 0.3) is 0 Å². The maximum atomic E-state index is 7.86. The van der Waals surface area contributed by atoms with Crippen molar-refractivity contribution in [3.63, 3.8) is 0 Å². The Morgan fingerprint density at radius 3 is 2.80 bits per heavy atom. The summed E-state index contributed by atoms with van der Waals surface area (Å²) in [6.07, 6.45) is 4.90. The Hall–Kier alpha value is -3.19. The highest BCUT2D eigenvalue weighted by atomic mass is 35.5. The average Bonchev–Trinajstić information content (AvgIpc) is 3.09. The van der Waals surface area contributed by atoms with Crippen LogP contribution in [0.25, 0.3) is 11.3 Å². The fourth-order valence-corrected chi connectivity index (χ4v) is 3.83. The molecule has 1 aliphatic heterocycles. The van der Waals surface area contributed by atoms with Crippen LogP contribution in [0.2, 0.25) is 5.02 Å². The Labute approximate surface area is 180 Å². The molecule has 3 heterocycles. The summed E-state index contributed by atoms with van der Waals surface area (Å²) in [4.78, 5) is 6.75. The number of fused-ring (bicyclic) bond motifs is 3. The monoisotopic (exact) mass is 421 g/mol. The first kappa shape index (κ1) is 20.1. The third-order valence-electron chi connectivity index (χ3n) is 5.19. The van der Waals surface area contributed by atoms with Crippen molar-refractivity contribution in [1.29, 1.82) is 5.41 Å². The summed E-state index contributed by atoms with van der Waals surface area (Å²) in [5.74, 6) is 2.72. The van der Waals surface area contributed by atoms with E-state index in [4.69, 9.17) is 17.0 Å². The number of nitrogens with one attached hydrogen (secondary N) is 2. The van der Waals surface area contributed by atoms with Crippen LogP contribution in [0.15, 0.2) is 42.7 Å². The summed E-state index contributed by atoms with van der Waals surface area (Å²) in [7, 11) is 0. The van der Waals surface area contributed by atoms with Gasteiger partial charge in [0.15, 0.2) is 0 Å². The summed E-state index contributed by atoms with van der Waals surface area (Å²) >= 11 is 6.08. The van der Waals surface area contributed by atoms with Crippen LogP contribution in [0.4, 0.5) is 11.5 Å². The molecule has 30 heavy (non-hydrogen) atoms. The lowest BCUT2D eigenvalue weighted by atomic mass is 10.0. The zero-order valence-corrected chi connectivity index (χ0v) is 18.0. The topological polar surface area (TPSA) is 82.7 Å². The molecule has 4 rings (SSSR count). The molecule has 0 saturated heterocycles. The van der Waals surface area contributed by atoms with Crippen LogP contribution in [-0.4, -0.2) is 39.1 Å². The second-order valence-electron chi connectivity index (χ2n) is 7.29. The Bertz CT molecular complexity index is 1100. The van der Waals surface area contributed by atoms with Crippen LogP contribution in [0.1, 0.15) is 37.0 Å². The summed E-state index contributed by atoms with van der Waals surface area (Å²) in [6, 6.07) is 9.97. The van der Waals surface area contributed by atoms with Gasteiger partial charge in [-0.3, -0.25) is 4.57 Å². The molecule has 0 saturated carbocycles. The minimum Gasteiger partial charge on any atom is -0.391 e. The number of halogens is 1. The molecule has 0 bridgehead atoms. The number of hydrogen-bond acceptors (Lipinski definition) is 6. The summed E-state index contributed by atoms with van der Waals surface area (Å²) in [5, 5.41) is 20.4. The maximum Gasteiger partial charge on any atom is 0.142 e. The Morgan fingerprint density at radius 1 is 1.27 bits per heavy atom. The van der Waals surface area contributed by atoms with Crippen molar-refractivity contribution in [3.05, 3.63) is 65.0 Å². The number of allylic oxidation sites excluding steroid dienone is 1. The van der Waals surface area contributed by atoms with Crippen LogP contribution in [0.5, 0.6) is 0 Å². The van der Waals surface area contributed by atoms with Gasteiger partial charge in [-0.1, -0.05) is 24.6 Å². The number of rotatable bonds is 5. The van der Waals surface area contributed by atoms with E-state index in [1.54, 1.807) is 6.20 Å². The zero-order valence-electron chi connectivity index (χ0n) is 17.2. The highest BCUT2D eigenvalue weighted by Gasteiger charge is 2.29. The van der Waals surface area contributed by atoms with Gasteiger partial charge in [-0.05, 0) is 43.7 Å². The van der Waals surface area contributed by atoms with Gasteiger partial charge < -0.3 is 15.6 Å². The molecular weight excluding hydrogens is 398 g/mol. The predicted molar refractivity (Wildman–Crippen MR) is 121 cm³/mol. The van der Waals surface area contributed by atoms with E-state index >= 15 is 0 Å². The molecular formula is C22H24ClN7. The third kappa shape index (κ3) is 3.57. The number of anilines is 2. The van der Waals surface area contributed by atoms with E-state index in [9.17, 15) is 0 Å². The lowest BCUT2D eigenvalue weighted by Crippen LogP contribution is -2.23. The van der Waals surface area contributed by atoms with Gasteiger partial charge in [0.2, 0.25) is 0 Å². The predicted octanol–water partition coefficient (Wildman–Crippen LogP) is 4.48. The van der Waals surface area contributed by atoms with E-state index in [0.29, 0.717) is 11.6 Å². The number of hydrogen-bond donors (Lipinski definition) is 2. The largest absolute Gasteiger partial charge is 0.391 e. The minimum absolute atomic E-state index is 0.138. The summed E-state index contributed by atoms with van der Waals surface area (Å²) < 4.78 is 2.11. The van der Waals surface area contributed by atoms with Gasteiger partial charge in [0.05, 0.1) is 16.4 Å². The molecule has 2 N–H and O–H groups in total. The van der Waals surface area contributed by atoms with E-state index in [1.165, 1.54) is 6.21 Å². The van der Waals surface area contributed by atoms with Gasteiger partial charge in [-0.25, -0.2) is 4.98 Å². The lowest BCUT2D eigenvalue weighted by molar-refractivity contribution is 0.693. The fourth-order valence-electron chi connectivity index (χ4n) is 3.72. The molecule has 0 amide bonds. The van der Waals surface area contributed by atoms with Gasteiger partial charge >= 0.3 is 0 Å². The van der Waals surface area contributed by atoms with Gasteiger partial charge in [-0.2, -0.15) is 0 Å². The fraction of sp³-hybridized carbons (Fsp3) is 0.273. The standard InChI is InChI=1S/C22H24ClN7/c1-4-25-11-17(10-24)16-5-7-19-20(9-16)29(21-8-6-18(23)12-26-21)13-14(2)22-28-27-15(3)30(19)22/h5-12,14,24-25H,4,13H2,1-3H3/b17-11+,24-10?/t14-/m1/s1. The number of benzene rings is 1. The van der Waals surface area contributed by atoms with E-state index < -0.39 is 0 Å². The minimum atomic E-state index is 0.138. The van der Waals surface area contributed by atoms with Crippen LogP contribution >= 0.6 is 11.6 Å². The number of nitrogens with zero attached hydrogens (tertiary/aromatic N) is 5. The summed E-state index contributed by atoms with van der Waals surface area (Å²) in [5.41, 5.74) is 3.73.